The van der Waals surface area contributed by atoms with Crippen molar-refractivity contribution in [2.45, 2.75) is 13.8 Å². The van der Waals surface area contributed by atoms with E-state index < -0.39 is 18.0 Å². The number of hydrogen-bond donors (Lipinski definition) is 2. The van der Waals surface area contributed by atoms with Crippen molar-refractivity contribution in [1.82, 2.24) is 10.2 Å². The predicted octanol–water partition coefficient (Wildman–Crippen LogP) is -0.0884. The van der Waals surface area contributed by atoms with E-state index in [1.165, 1.54) is 4.90 Å². The summed E-state index contributed by atoms with van der Waals surface area (Å²) in [6.07, 6.45) is -0.852. The van der Waals surface area contributed by atoms with E-state index >= 15 is 0 Å². The fourth-order valence-electron chi connectivity index (χ4n) is 1.30. The van der Waals surface area contributed by atoms with Crippen LogP contribution in [0.2, 0.25) is 0 Å². The van der Waals surface area contributed by atoms with Crippen LogP contribution in [-0.4, -0.2) is 54.7 Å². The van der Waals surface area contributed by atoms with E-state index in [1.54, 1.807) is 0 Å². The van der Waals surface area contributed by atoms with Crippen molar-refractivity contribution in [2.75, 3.05) is 26.7 Å². The molecule has 7 heteroatoms. The molecular formula is C10H18N2O5. The van der Waals surface area contributed by atoms with Crippen LogP contribution in [0.3, 0.4) is 0 Å². The van der Waals surface area contributed by atoms with Crippen LogP contribution in [-0.2, 0) is 14.3 Å². The summed E-state index contributed by atoms with van der Waals surface area (Å²) in [5, 5.41) is 10.6. The van der Waals surface area contributed by atoms with Gasteiger partial charge in [-0.15, -0.1) is 0 Å². The first kappa shape index (κ1) is 15.4. The molecule has 0 spiro atoms. The Morgan fingerprint density at radius 3 is 2.29 bits per heavy atom. The molecule has 2 amide bonds. The molecule has 0 aliphatic heterocycles. The number of aliphatic carboxylic acids is 1. The number of alkyl carbamates (subject to hydrolysis) is 1. The maximum absolute atomic E-state index is 11.3. The van der Waals surface area contributed by atoms with Crippen molar-refractivity contribution in [3.05, 3.63) is 0 Å². The van der Waals surface area contributed by atoms with E-state index in [-0.39, 0.29) is 19.0 Å². The van der Waals surface area contributed by atoms with Crippen LogP contribution in [0.5, 0.6) is 0 Å². The zero-order valence-electron chi connectivity index (χ0n) is 10.2. The number of carbonyl (C=O) groups is 3. The Morgan fingerprint density at radius 2 is 1.88 bits per heavy atom. The summed E-state index contributed by atoms with van der Waals surface area (Å²) in [4.78, 5) is 34.1. The predicted molar refractivity (Wildman–Crippen MR) is 59.5 cm³/mol. The molecule has 0 radical (unpaired) electrons. The van der Waals surface area contributed by atoms with Gasteiger partial charge >= 0.3 is 12.1 Å². The third-order valence-electron chi connectivity index (χ3n) is 1.78. The average Bonchev–Trinajstić information content (AvgIpc) is 2.14. The van der Waals surface area contributed by atoms with Crippen molar-refractivity contribution in [1.29, 1.82) is 0 Å². The molecule has 0 saturated carbocycles. The third kappa shape index (κ3) is 8.21. The molecule has 17 heavy (non-hydrogen) atoms. The zero-order valence-corrected chi connectivity index (χ0v) is 10.2. The summed E-state index contributed by atoms with van der Waals surface area (Å²) in [6.45, 7) is 3.88. The fourth-order valence-corrected chi connectivity index (χ4v) is 1.30. The highest BCUT2D eigenvalue weighted by molar-refractivity contribution is 5.92. The second-order valence-corrected chi connectivity index (χ2v) is 4.00. The van der Waals surface area contributed by atoms with Gasteiger partial charge < -0.3 is 9.84 Å². The van der Waals surface area contributed by atoms with Crippen LogP contribution in [0.15, 0.2) is 0 Å². The Bertz CT molecular complexity index is 290. The van der Waals surface area contributed by atoms with E-state index in [2.05, 4.69) is 4.74 Å². The summed E-state index contributed by atoms with van der Waals surface area (Å²) < 4.78 is 4.26. The van der Waals surface area contributed by atoms with Crippen molar-refractivity contribution in [2.24, 2.45) is 5.92 Å². The van der Waals surface area contributed by atoms with Crippen LogP contribution in [0.1, 0.15) is 13.8 Å². The first-order chi connectivity index (χ1) is 7.85. The Hall–Kier alpha value is -1.63. The Kier molecular flexibility index (Phi) is 6.88. The van der Waals surface area contributed by atoms with Gasteiger partial charge in [0.05, 0.1) is 20.2 Å². The van der Waals surface area contributed by atoms with Crippen molar-refractivity contribution < 1.29 is 24.2 Å². The summed E-state index contributed by atoms with van der Waals surface area (Å²) in [5.74, 6) is -1.38. The van der Waals surface area contributed by atoms with Crippen LogP contribution < -0.4 is 5.32 Å². The minimum atomic E-state index is -1.02. The number of nitrogens with zero attached hydrogens (tertiary/aromatic N) is 1. The second kappa shape index (κ2) is 7.61. The molecule has 0 aromatic rings. The van der Waals surface area contributed by atoms with Gasteiger partial charge in [0, 0.05) is 6.54 Å². The number of hydrogen-bond acceptors (Lipinski definition) is 5. The van der Waals surface area contributed by atoms with Gasteiger partial charge in [-0.05, 0) is 5.92 Å². The van der Waals surface area contributed by atoms with E-state index in [4.69, 9.17) is 5.11 Å². The molecule has 7 nitrogen and oxygen atoms in total. The summed E-state index contributed by atoms with van der Waals surface area (Å²) >= 11 is 0. The van der Waals surface area contributed by atoms with E-state index in [1.807, 2.05) is 19.2 Å². The topological polar surface area (TPSA) is 95.9 Å². The van der Waals surface area contributed by atoms with Crippen LogP contribution in [0.4, 0.5) is 4.79 Å². The maximum atomic E-state index is 11.3. The molecule has 0 aliphatic rings. The maximum Gasteiger partial charge on any atom is 0.413 e. The fraction of sp³-hybridized carbons (Fsp3) is 0.700. The summed E-state index contributed by atoms with van der Waals surface area (Å²) in [5.41, 5.74) is 0. The number of carbonyl (C=O) groups excluding carboxylic acids is 2. The normalized spacial score (nSPS) is 10.4. The monoisotopic (exact) mass is 246 g/mol. The van der Waals surface area contributed by atoms with Gasteiger partial charge in [0.2, 0.25) is 5.91 Å². The number of methoxy groups -OCH3 is 1. The molecule has 0 aliphatic carbocycles. The van der Waals surface area contributed by atoms with Crippen molar-refractivity contribution >= 4 is 18.0 Å². The lowest BCUT2D eigenvalue weighted by Gasteiger charge is -2.21. The molecular weight excluding hydrogens is 228 g/mol. The molecule has 0 heterocycles. The second-order valence-electron chi connectivity index (χ2n) is 4.00. The van der Waals surface area contributed by atoms with E-state index in [9.17, 15) is 14.4 Å². The highest BCUT2D eigenvalue weighted by Gasteiger charge is 2.16. The van der Waals surface area contributed by atoms with Gasteiger partial charge in [0.25, 0.3) is 0 Å². The van der Waals surface area contributed by atoms with Gasteiger partial charge in [-0.2, -0.15) is 0 Å². The lowest BCUT2D eigenvalue weighted by atomic mass is 10.2. The molecule has 0 atom stereocenters. The van der Waals surface area contributed by atoms with Crippen molar-refractivity contribution in [3.63, 3.8) is 0 Å². The standard InChI is InChI=1S/C10H18N2O5/c1-7(2)4-12(6-9(14)15)5-8(13)11-10(16)17-3/h7H,4-6H2,1-3H3,(H,14,15)(H,11,13,16). The smallest absolute Gasteiger partial charge is 0.413 e. The summed E-state index contributed by atoms with van der Waals surface area (Å²) in [6, 6.07) is 0. The number of carboxylic acid groups (broad SMARTS) is 1. The van der Waals surface area contributed by atoms with Crippen LogP contribution in [0, 0.1) is 5.92 Å². The Morgan fingerprint density at radius 1 is 1.29 bits per heavy atom. The average molecular weight is 246 g/mol. The van der Waals surface area contributed by atoms with E-state index in [0.29, 0.717) is 6.54 Å². The van der Waals surface area contributed by atoms with Gasteiger partial charge in [0.1, 0.15) is 0 Å². The molecule has 0 rings (SSSR count). The third-order valence-corrected chi connectivity index (χ3v) is 1.78. The van der Waals surface area contributed by atoms with Crippen molar-refractivity contribution in [3.8, 4) is 0 Å². The number of amides is 2. The first-order valence-electron chi connectivity index (χ1n) is 5.17. The molecule has 0 bridgehead atoms. The van der Waals surface area contributed by atoms with Gasteiger partial charge in [0.15, 0.2) is 0 Å². The molecule has 0 saturated heterocycles. The molecule has 0 unspecified atom stereocenters. The number of imide groups is 1. The molecule has 98 valence electrons. The number of nitrogens with one attached hydrogen (secondary N) is 1. The lowest BCUT2D eigenvalue weighted by molar-refractivity contribution is -0.138. The minimum Gasteiger partial charge on any atom is -0.480 e. The van der Waals surface area contributed by atoms with E-state index in [0.717, 1.165) is 7.11 Å². The highest BCUT2D eigenvalue weighted by atomic mass is 16.5. The van der Waals surface area contributed by atoms with Gasteiger partial charge in [-0.25, -0.2) is 4.79 Å². The van der Waals surface area contributed by atoms with Gasteiger partial charge in [-0.1, -0.05) is 13.8 Å². The SMILES string of the molecule is COC(=O)NC(=O)CN(CC(=O)O)CC(C)C. The largest absolute Gasteiger partial charge is 0.480 e. The summed E-state index contributed by atoms with van der Waals surface area (Å²) in [7, 11) is 1.14. The van der Waals surface area contributed by atoms with Crippen LogP contribution >= 0.6 is 0 Å². The minimum absolute atomic E-state index is 0.153. The molecule has 0 aromatic carbocycles. The Balaban J connectivity index is 4.26. The molecule has 2 N–H and O–H groups in total. The Labute approximate surface area is 99.7 Å². The number of rotatable bonds is 6. The lowest BCUT2D eigenvalue weighted by Crippen LogP contribution is -2.43. The first-order valence-corrected chi connectivity index (χ1v) is 5.17. The zero-order chi connectivity index (χ0) is 13.4. The van der Waals surface area contributed by atoms with Crippen LogP contribution in [0.25, 0.3) is 0 Å². The molecule has 0 fully saturated rings. The van der Waals surface area contributed by atoms with Gasteiger partial charge in [-0.3, -0.25) is 19.8 Å². The quantitative estimate of drug-likeness (QED) is 0.680. The number of ether oxygens (including phenoxy) is 1. The highest BCUT2D eigenvalue weighted by Crippen LogP contribution is 1.98. The number of carboxylic acids is 1. The molecule has 0 aromatic heterocycles.